The van der Waals surface area contributed by atoms with E-state index < -0.39 is 0 Å². The molecule has 1 aliphatic heterocycles. The van der Waals surface area contributed by atoms with Gasteiger partial charge >= 0.3 is 0 Å². The predicted octanol–water partition coefficient (Wildman–Crippen LogP) is 2.42. The van der Waals surface area contributed by atoms with Crippen molar-refractivity contribution in [2.75, 3.05) is 13.1 Å². The van der Waals surface area contributed by atoms with Crippen LogP contribution in [-0.2, 0) is 16.1 Å². The summed E-state index contributed by atoms with van der Waals surface area (Å²) in [5.74, 6) is 1.46. The molecule has 1 saturated heterocycles. The highest BCUT2D eigenvalue weighted by Gasteiger charge is 2.31. The minimum Gasteiger partial charge on any atom is -0.361 e. The van der Waals surface area contributed by atoms with Gasteiger partial charge in [0.15, 0.2) is 0 Å². The third-order valence-electron chi connectivity index (χ3n) is 5.19. The van der Waals surface area contributed by atoms with E-state index >= 15 is 0 Å². The number of amides is 2. The summed E-state index contributed by atoms with van der Waals surface area (Å²) in [5.41, 5.74) is 0.729. The van der Waals surface area contributed by atoms with E-state index in [0.717, 1.165) is 18.0 Å². The van der Waals surface area contributed by atoms with E-state index in [4.69, 9.17) is 4.52 Å². The molecule has 24 heavy (non-hydrogen) atoms. The van der Waals surface area contributed by atoms with Gasteiger partial charge in [-0.1, -0.05) is 24.4 Å². The molecule has 2 heterocycles. The minimum absolute atomic E-state index is 0.0109. The number of hydrogen-bond donors (Lipinski definition) is 1. The zero-order valence-electron chi connectivity index (χ0n) is 14.4. The summed E-state index contributed by atoms with van der Waals surface area (Å²) in [5, 5.41) is 6.80. The average molecular weight is 333 g/mol. The molecule has 2 amide bonds. The predicted molar refractivity (Wildman–Crippen MR) is 89.0 cm³/mol. The lowest BCUT2D eigenvalue weighted by molar-refractivity contribution is -0.139. The van der Waals surface area contributed by atoms with Crippen molar-refractivity contribution in [3.05, 3.63) is 17.5 Å². The zero-order chi connectivity index (χ0) is 16.9. The first-order chi connectivity index (χ1) is 11.6. The van der Waals surface area contributed by atoms with Crippen molar-refractivity contribution in [3.8, 4) is 0 Å². The molecule has 1 aromatic heterocycles. The van der Waals surface area contributed by atoms with Crippen LogP contribution in [-0.4, -0.2) is 35.0 Å². The smallest absolute Gasteiger partial charge is 0.225 e. The molecule has 0 radical (unpaired) electrons. The Labute approximate surface area is 142 Å². The third-order valence-corrected chi connectivity index (χ3v) is 5.19. The second-order valence-corrected chi connectivity index (χ2v) is 7.19. The summed E-state index contributed by atoms with van der Waals surface area (Å²) < 4.78 is 5.00. The number of nitrogens with zero attached hydrogens (tertiary/aromatic N) is 2. The largest absolute Gasteiger partial charge is 0.361 e. The molecule has 3 rings (SSSR count). The highest BCUT2D eigenvalue weighted by atomic mass is 16.5. The first-order valence-corrected chi connectivity index (χ1v) is 9.09. The van der Waals surface area contributed by atoms with Crippen LogP contribution >= 0.6 is 0 Å². The van der Waals surface area contributed by atoms with Gasteiger partial charge in [0.1, 0.15) is 11.5 Å². The van der Waals surface area contributed by atoms with Crippen LogP contribution in [0.3, 0.4) is 0 Å². The second kappa shape index (κ2) is 7.81. The Morgan fingerprint density at radius 1 is 1.33 bits per heavy atom. The lowest BCUT2D eigenvalue weighted by Crippen LogP contribution is -2.47. The Kier molecular flexibility index (Phi) is 5.53. The Morgan fingerprint density at radius 3 is 2.83 bits per heavy atom. The van der Waals surface area contributed by atoms with Gasteiger partial charge in [-0.3, -0.25) is 9.59 Å². The molecule has 1 aromatic rings. The molecule has 0 spiro atoms. The van der Waals surface area contributed by atoms with Crippen molar-refractivity contribution in [1.29, 1.82) is 0 Å². The normalized spacial score (nSPS) is 22.6. The summed E-state index contributed by atoms with van der Waals surface area (Å²) in [6, 6.07) is 1.82. The van der Waals surface area contributed by atoms with E-state index in [1.54, 1.807) is 0 Å². The first kappa shape index (κ1) is 17.0. The molecule has 0 bridgehead atoms. The highest BCUT2D eigenvalue weighted by molar-refractivity contribution is 5.83. The fraction of sp³-hybridized carbons (Fsp3) is 0.722. The maximum absolute atomic E-state index is 12.4. The molecule has 6 nitrogen and oxygen atoms in total. The van der Waals surface area contributed by atoms with Gasteiger partial charge in [-0.25, -0.2) is 0 Å². The van der Waals surface area contributed by atoms with Crippen LogP contribution in [0.2, 0.25) is 0 Å². The van der Waals surface area contributed by atoms with Crippen LogP contribution < -0.4 is 5.32 Å². The Morgan fingerprint density at radius 2 is 2.12 bits per heavy atom. The Bertz CT molecular complexity index is 578. The van der Waals surface area contributed by atoms with Gasteiger partial charge in [0.05, 0.1) is 12.5 Å². The first-order valence-electron chi connectivity index (χ1n) is 9.09. The van der Waals surface area contributed by atoms with E-state index in [9.17, 15) is 9.59 Å². The molecule has 0 aromatic carbocycles. The number of aromatic nitrogens is 1. The van der Waals surface area contributed by atoms with Crippen molar-refractivity contribution >= 4 is 11.8 Å². The fourth-order valence-electron chi connectivity index (χ4n) is 3.81. The lowest BCUT2D eigenvalue weighted by Gasteiger charge is -2.35. The summed E-state index contributed by atoms with van der Waals surface area (Å²) in [6.45, 7) is 3.58. The van der Waals surface area contributed by atoms with Gasteiger partial charge in [0.2, 0.25) is 11.8 Å². The van der Waals surface area contributed by atoms with E-state index in [-0.39, 0.29) is 17.7 Å². The maximum atomic E-state index is 12.4. The molecule has 6 heteroatoms. The van der Waals surface area contributed by atoms with Crippen molar-refractivity contribution < 1.29 is 14.1 Å². The quantitative estimate of drug-likeness (QED) is 0.898. The number of carbonyl (C=O) groups is 2. The van der Waals surface area contributed by atoms with Gasteiger partial charge < -0.3 is 14.7 Å². The zero-order valence-corrected chi connectivity index (χ0v) is 14.4. The summed E-state index contributed by atoms with van der Waals surface area (Å²) >= 11 is 0. The molecule has 1 saturated carbocycles. The SMILES string of the molecule is Cc1cc(CNC(=O)C2CCC(=O)N(CC3CCCCC3)C2)no1. The Balaban J connectivity index is 1.49. The monoisotopic (exact) mass is 333 g/mol. The molecular formula is C18H27N3O3. The van der Waals surface area contributed by atoms with Gasteiger partial charge in [-0.15, -0.1) is 0 Å². The maximum Gasteiger partial charge on any atom is 0.225 e. The van der Waals surface area contributed by atoms with Crippen molar-refractivity contribution in [3.63, 3.8) is 0 Å². The van der Waals surface area contributed by atoms with Crippen molar-refractivity contribution in [2.45, 2.75) is 58.4 Å². The molecule has 1 aliphatic carbocycles. The van der Waals surface area contributed by atoms with Crippen LogP contribution in [0.4, 0.5) is 0 Å². The number of rotatable bonds is 5. The number of likely N-dealkylation sites (tertiary alicyclic amines) is 1. The van der Waals surface area contributed by atoms with Crippen molar-refractivity contribution in [2.24, 2.45) is 11.8 Å². The number of carbonyl (C=O) groups excluding carboxylic acids is 2. The lowest BCUT2D eigenvalue weighted by atomic mass is 9.87. The van der Waals surface area contributed by atoms with E-state index in [1.165, 1.54) is 32.1 Å². The summed E-state index contributed by atoms with van der Waals surface area (Å²) in [7, 11) is 0. The molecular weight excluding hydrogens is 306 g/mol. The molecule has 1 atom stereocenters. The van der Waals surface area contributed by atoms with E-state index in [0.29, 0.717) is 31.8 Å². The topological polar surface area (TPSA) is 75.4 Å². The number of piperidine rings is 1. The molecule has 1 unspecified atom stereocenters. The van der Waals surface area contributed by atoms with Gasteiger partial charge in [-0.2, -0.15) is 0 Å². The minimum atomic E-state index is -0.112. The van der Waals surface area contributed by atoms with Gasteiger partial charge in [-0.05, 0) is 32.1 Å². The standard InChI is InChI=1S/C18H27N3O3/c1-13-9-16(20-24-13)10-19-18(23)15-7-8-17(22)21(12-15)11-14-5-3-2-4-6-14/h9,14-15H,2-8,10-12H2,1H3,(H,19,23). The van der Waals surface area contributed by atoms with Crippen molar-refractivity contribution in [1.82, 2.24) is 15.4 Å². The average Bonchev–Trinajstić information content (AvgIpc) is 3.01. The van der Waals surface area contributed by atoms with E-state index in [1.807, 2.05) is 17.9 Å². The number of aryl methyl sites for hydroxylation is 1. The van der Waals surface area contributed by atoms with Crippen LogP contribution in [0.5, 0.6) is 0 Å². The third kappa shape index (κ3) is 4.36. The number of hydrogen-bond acceptors (Lipinski definition) is 4. The second-order valence-electron chi connectivity index (χ2n) is 7.19. The highest BCUT2D eigenvalue weighted by Crippen LogP contribution is 2.27. The van der Waals surface area contributed by atoms with Crippen LogP contribution in [0.15, 0.2) is 10.6 Å². The van der Waals surface area contributed by atoms with Crippen LogP contribution in [0.1, 0.15) is 56.4 Å². The number of nitrogens with one attached hydrogen (secondary N) is 1. The fourth-order valence-corrected chi connectivity index (χ4v) is 3.81. The van der Waals surface area contributed by atoms with Gasteiger partial charge in [0, 0.05) is 25.6 Å². The molecule has 1 N–H and O–H groups in total. The molecule has 2 fully saturated rings. The summed E-state index contributed by atoms with van der Waals surface area (Å²) in [6.07, 6.45) is 7.41. The van der Waals surface area contributed by atoms with Crippen LogP contribution in [0, 0.1) is 18.8 Å². The Hall–Kier alpha value is -1.85. The molecule has 132 valence electrons. The summed E-state index contributed by atoms with van der Waals surface area (Å²) in [4.78, 5) is 26.5. The van der Waals surface area contributed by atoms with E-state index in [2.05, 4.69) is 10.5 Å². The van der Waals surface area contributed by atoms with Gasteiger partial charge in [0.25, 0.3) is 0 Å². The van der Waals surface area contributed by atoms with Crippen LogP contribution in [0.25, 0.3) is 0 Å². The molecule has 2 aliphatic rings.